The summed E-state index contributed by atoms with van der Waals surface area (Å²) in [6.07, 6.45) is 12.7. The molecule has 0 bridgehead atoms. The third kappa shape index (κ3) is 7.20. The lowest BCUT2D eigenvalue weighted by Gasteiger charge is -2.41. The van der Waals surface area contributed by atoms with Gasteiger partial charge in [-0.2, -0.15) is 5.10 Å². The van der Waals surface area contributed by atoms with E-state index in [1.807, 2.05) is 30.3 Å². The Morgan fingerprint density at radius 3 is 2.41 bits per heavy atom. The number of aromatic amines is 1. The number of anilines is 2. The molecule has 16 heteroatoms. The number of fused-ring (bicyclic) bond motifs is 2. The molecule has 2 N–H and O–H groups in total. The van der Waals surface area contributed by atoms with E-state index in [0.29, 0.717) is 29.8 Å². The molecule has 58 heavy (non-hydrogen) atoms. The summed E-state index contributed by atoms with van der Waals surface area (Å²) in [5.74, 6) is 1.33. The predicted octanol–water partition coefficient (Wildman–Crippen LogP) is 4.43. The lowest BCUT2D eigenvalue weighted by molar-refractivity contribution is -0.135. The SMILES string of the molecule is Cn1c(=O)n(C2CCC(=O)NC2=O)c2ccc(N3CCC(OCC4CC(OC5CCN(c6cc(-c7n[nH]c8cnc(OC9(C)CC9)cc78)ncn6)CC5)C4)CC3)cc21. The number of hydrogen-bond donors (Lipinski definition) is 2. The molecule has 1 atom stereocenters. The molecule has 7 heterocycles. The summed E-state index contributed by atoms with van der Waals surface area (Å²) in [4.78, 5) is 55.8. The maximum absolute atomic E-state index is 13.2. The van der Waals surface area contributed by atoms with Gasteiger partial charge in [-0.25, -0.2) is 19.7 Å². The van der Waals surface area contributed by atoms with Gasteiger partial charge in [0.05, 0.1) is 46.8 Å². The van der Waals surface area contributed by atoms with Gasteiger partial charge in [-0.05, 0) is 88.8 Å². The minimum Gasteiger partial charge on any atom is -0.471 e. The van der Waals surface area contributed by atoms with Crippen LogP contribution in [0, 0.1) is 5.92 Å². The molecule has 1 unspecified atom stereocenters. The van der Waals surface area contributed by atoms with E-state index in [1.54, 1.807) is 24.1 Å². The van der Waals surface area contributed by atoms with Gasteiger partial charge in [-0.3, -0.25) is 29.1 Å². The molecule has 3 saturated heterocycles. The van der Waals surface area contributed by atoms with E-state index in [2.05, 4.69) is 47.2 Å². The van der Waals surface area contributed by atoms with Gasteiger partial charge >= 0.3 is 5.69 Å². The van der Waals surface area contributed by atoms with Crippen molar-refractivity contribution < 1.29 is 23.8 Å². The number of aryl methyl sites for hydroxylation is 1. The number of carbonyl (C=O) groups excluding carboxylic acids is 2. The Kier molecular flexibility index (Phi) is 9.42. The highest BCUT2D eigenvalue weighted by atomic mass is 16.5. The van der Waals surface area contributed by atoms with Crippen molar-refractivity contribution in [3.8, 4) is 17.3 Å². The number of pyridine rings is 1. The standard InChI is InChI=1S/C42H50N10O6/c1-42(11-12-42)58-38-20-30-32(22-43-38)47-48-39(30)31-21-36(45-24-44-31)51-15-9-28(10-16-51)57-29-17-25(18-29)23-56-27-7-13-50(14-8-27)26-3-4-33-35(19-26)49(2)41(55)52(33)34-5-6-37(53)46-40(34)54/h3-4,19-22,24-25,27-29,34H,5-18,23H2,1-2H3,(H,47,48)(H,46,53,54). The van der Waals surface area contributed by atoms with Gasteiger partial charge in [0.1, 0.15) is 29.5 Å². The van der Waals surface area contributed by atoms with Crippen molar-refractivity contribution in [1.82, 2.24) is 39.6 Å². The molecule has 10 rings (SSSR count). The number of H-pyrrole nitrogens is 1. The zero-order valence-corrected chi connectivity index (χ0v) is 33.1. The summed E-state index contributed by atoms with van der Waals surface area (Å²) in [7, 11) is 1.73. The second-order valence-corrected chi connectivity index (χ2v) is 17.1. The number of amides is 2. The van der Waals surface area contributed by atoms with E-state index < -0.39 is 11.9 Å². The Hall–Kier alpha value is -5.35. The molecule has 5 aliphatic rings. The number of nitrogens with one attached hydrogen (secondary N) is 2. The van der Waals surface area contributed by atoms with Crippen LogP contribution in [0.25, 0.3) is 33.3 Å². The number of imidazole rings is 1. The number of benzene rings is 1. The van der Waals surface area contributed by atoms with Gasteiger partial charge in [-0.15, -0.1) is 0 Å². The van der Waals surface area contributed by atoms with Gasteiger partial charge < -0.3 is 24.0 Å². The lowest BCUT2D eigenvalue weighted by Crippen LogP contribution is -2.44. The number of rotatable bonds is 11. The summed E-state index contributed by atoms with van der Waals surface area (Å²) in [6.45, 7) is 6.38. The number of carbonyl (C=O) groups is 2. The first kappa shape index (κ1) is 37.0. The van der Waals surface area contributed by atoms with Crippen LogP contribution in [0.5, 0.6) is 5.88 Å². The van der Waals surface area contributed by atoms with E-state index in [1.165, 1.54) is 4.57 Å². The third-order valence-corrected chi connectivity index (χ3v) is 12.9. The summed E-state index contributed by atoms with van der Waals surface area (Å²) >= 11 is 0. The second kappa shape index (κ2) is 14.8. The van der Waals surface area contributed by atoms with Gasteiger partial charge in [-0.1, -0.05) is 0 Å². The Morgan fingerprint density at radius 1 is 0.862 bits per heavy atom. The number of hydrogen-bond acceptors (Lipinski definition) is 12. The minimum absolute atomic E-state index is 0.108. The summed E-state index contributed by atoms with van der Waals surface area (Å²) in [5, 5.41) is 11.0. The largest absolute Gasteiger partial charge is 0.471 e. The zero-order chi connectivity index (χ0) is 39.5. The molecule has 5 fully saturated rings. The van der Waals surface area contributed by atoms with Crippen molar-refractivity contribution >= 4 is 45.3 Å². The molecule has 16 nitrogen and oxygen atoms in total. The predicted molar refractivity (Wildman–Crippen MR) is 216 cm³/mol. The fourth-order valence-corrected chi connectivity index (χ4v) is 9.07. The van der Waals surface area contributed by atoms with Gasteiger partial charge in [0.2, 0.25) is 17.7 Å². The molecule has 2 aliphatic carbocycles. The van der Waals surface area contributed by atoms with Crippen molar-refractivity contribution in [1.29, 1.82) is 0 Å². The topological polar surface area (TPSA) is 175 Å². The van der Waals surface area contributed by atoms with Crippen molar-refractivity contribution in [2.75, 3.05) is 42.6 Å². The Morgan fingerprint density at radius 2 is 1.64 bits per heavy atom. The summed E-state index contributed by atoms with van der Waals surface area (Å²) < 4.78 is 22.2. The molecule has 1 aromatic carbocycles. The highest BCUT2D eigenvalue weighted by Crippen LogP contribution is 2.40. The van der Waals surface area contributed by atoms with Crippen molar-refractivity contribution in [3.63, 3.8) is 0 Å². The maximum atomic E-state index is 13.2. The molecule has 0 radical (unpaired) electrons. The first-order valence-electron chi connectivity index (χ1n) is 20.8. The van der Waals surface area contributed by atoms with Gasteiger partial charge in [0.15, 0.2) is 0 Å². The van der Waals surface area contributed by atoms with E-state index in [9.17, 15) is 14.4 Å². The Bertz CT molecular complexity index is 2420. The van der Waals surface area contributed by atoms with Crippen LogP contribution in [0.1, 0.15) is 77.2 Å². The zero-order valence-electron chi connectivity index (χ0n) is 33.1. The first-order chi connectivity index (χ1) is 28.2. The molecule has 5 aromatic rings. The van der Waals surface area contributed by atoms with E-state index >= 15 is 0 Å². The maximum Gasteiger partial charge on any atom is 0.329 e. The monoisotopic (exact) mass is 790 g/mol. The molecule has 0 spiro atoms. The molecule has 304 valence electrons. The Balaban J connectivity index is 0.663. The van der Waals surface area contributed by atoms with Crippen LogP contribution in [0.3, 0.4) is 0 Å². The number of ether oxygens (including phenoxy) is 3. The van der Waals surface area contributed by atoms with Crippen LogP contribution in [0.2, 0.25) is 0 Å². The van der Waals surface area contributed by atoms with Crippen LogP contribution < -0.4 is 25.5 Å². The van der Waals surface area contributed by atoms with Crippen LogP contribution >= 0.6 is 0 Å². The number of imide groups is 1. The molecule has 2 amide bonds. The van der Waals surface area contributed by atoms with Crippen molar-refractivity contribution in [2.24, 2.45) is 13.0 Å². The van der Waals surface area contributed by atoms with Crippen LogP contribution in [0.4, 0.5) is 11.5 Å². The van der Waals surface area contributed by atoms with Crippen LogP contribution in [-0.4, -0.2) is 103 Å². The fourth-order valence-electron chi connectivity index (χ4n) is 9.07. The van der Waals surface area contributed by atoms with E-state index in [4.69, 9.17) is 14.2 Å². The van der Waals surface area contributed by atoms with Crippen molar-refractivity contribution in [3.05, 3.63) is 53.3 Å². The fraction of sp³-hybridized carbons (Fsp3) is 0.548. The number of nitrogens with zero attached hydrogens (tertiary/aromatic N) is 8. The molecule has 2 saturated carbocycles. The van der Waals surface area contributed by atoms with E-state index in [-0.39, 0.29) is 35.8 Å². The van der Waals surface area contributed by atoms with Crippen LogP contribution in [-0.2, 0) is 26.1 Å². The summed E-state index contributed by atoms with van der Waals surface area (Å²) in [6, 6.07) is 9.28. The molecule has 4 aromatic heterocycles. The average Bonchev–Trinajstić information content (AvgIpc) is 3.70. The van der Waals surface area contributed by atoms with Crippen molar-refractivity contribution in [2.45, 2.75) is 101 Å². The highest BCUT2D eigenvalue weighted by molar-refractivity contribution is 6.00. The molecular weight excluding hydrogens is 741 g/mol. The number of aromatic nitrogens is 7. The minimum atomic E-state index is -0.686. The van der Waals surface area contributed by atoms with Gasteiger partial charge in [0.25, 0.3) is 0 Å². The Labute approximate surface area is 335 Å². The molecular formula is C42H50N10O6. The van der Waals surface area contributed by atoms with Crippen LogP contribution in [0.15, 0.2) is 47.7 Å². The normalized spacial score (nSPS) is 24.0. The third-order valence-electron chi connectivity index (χ3n) is 12.9. The average molecular weight is 791 g/mol. The first-order valence-corrected chi connectivity index (χ1v) is 20.8. The smallest absolute Gasteiger partial charge is 0.329 e. The van der Waals surface area contributed by atoms with E-state index in [0.717, 1.165) is 123 Å². The quantitative estimate of drug-likeness (QED) is 0.181. The lowest BCUT2D eigenvalue weighted by atomic mass is 9.82. The number of piperidine rings is 3. The highest BCUT2D eigenvalue weighted by Gasteiger charge is 2.40. The summed E-state index contributed by atoms with van der Waals surface area (Å²) in [5.41, 5.74) is 4.55. The second-order valence-electron chi connectivity index (χ2n) is 17.1. The molecule has 3 aliphatic heterocycles. The van der Waals surface area contributed by atoms with Gasteiger partial charge in [0, 0.05) is 69.5 Å².